The van der Waals surface area contributed by atoms with Crippen molar-refractivity contribution in [3.8, 4) is 0 Å². The van der Waals surface area contributed by atoms with E-state index in [9.17, 15) is 9.59 Å². The van der Waals surface area contributed by atoms with Crippen molar-refractivity contribution in [2.24, 2.45) is 92.7 Å². The van der Waals surface area contributed by atoms with Crippen molar-refractivity contribution in [1.29, 1.82) is 0 Å². The van der Waals surface area contributed by atoms with Gasteiger partial charge in [0.2, 0.25) is 0 Å². The van der Waals surface area contributed by atoms with Crippen molar-refractivity contribution < 1.29 is 28.0 Å². The highest BCUT2D eigenvalue weighted by Crippen LogP contribution is 2.69. The van der Waals surface area contributed by atoms with E-state index in [1.54, 1.807) is 11.1 Å². The maximum atomic E-state index is 13.5. The van der Waals surface area contributed by atoms with E-state index in [4.69, 9.17) is 9.47 Å². The topological polar surface area (TPSA) is 64.6 Å². The molecule has 0 aromatic heterocycles. The Morgan fingerprint density at radius 3 is 1.32 bits per heavy atom. The summed E-state index contributed by atoms with van der Waals surface area (Å²) in [4.78, 5) is 27.0. The molecule has 0 radical (unpaired) electrons. The summed E-state index contributed by atoms with van der Waals surface area (Å²) in [5, 5.41) is 3.67. The number of rotatable bonds is 24. The Labute approximate surface area is 462 Å². The van der Waals surface area contributed by atoms with Crippen LogP contribution in [0.4, 0.5) is 0 Å². The Morgan fingerprint density at radius 1 is 0.533 bits per heavy atom. The van der Waals surface area contributed by atoms with E-state index in [0.717, 1.165) is 136 Å². The Kier molecular flexibility index (Phi) is 19.2. The van der Waals surface area contributed by atoms with E-state index in [1.165, 1.54) is 116 Å². The third-order valence-corrected chi connectivity index (χ3v) is 24.5. The Hall–Kier alpha value is -1.70. The molecule has 0 aliphatic heterocycles. The van der Waals surface area contributed by atoms with Crippen LogP contribution in [0.3, 0.4) is 0 Å². The minimum atomic E-state index is -0.0323. The number of likely N-dealkylation sites (N-methyl/N-ethyl adjacent to an activating group) is 2. The second-order valence-electron chi connectivity index (χ2n) is 31.4. The largest absolute Gasteiger partial charge is 0.458 e. The second kappa shape index (κ2) is 24.2. The molecule has 0 saturated heterocycles. The van der Waals surface area contributed by atoms with Gasteiger partial charge in [0.25, 0.3) is 0 Å². The summed E-state index contributed by atoms with van der Waals surface area (Å²) in [7, 11) is 8.72. The zero-order chi connectivity index (χ0) is 54.1. The molecule has 75 heavy (non-hydrogen) atoms. The van der Waals surface area contributed by atoms with Crippen LogP contribution in [-0.4, -0.2) is 101 Å². The van der Waals surface area contributed by atoms with Crippen LogP contribution in [0.2, 0.25) is 0 Å². The van der Waals surface area contributed by atoms with Crippen LogP contribution >= 0.6 is 0 Å². The molecule has 8 rings (SSSR count). The van der Waals surface area contributed by atoms with Crippen molar-refractivity contribution >= 4 is 11.9 Å². The molecule has 16 atom stereocenters. The van der Waals surface area contributed by atoms with E-state index >= 15 is 0 Å². The number of esters is 2. The van der Waals surface area contributed by atoms with Gasteiger partial charge in [-0.15, -0.1) is 0 Å². The normalized spacial score (nSPS) is 38.3. The van der Waals surface area contributed by atoms with Crippen LogP contribution in [0.25, 0.3) is 0 Å². The molecule has 8 aliphatic carbocycles. The number of quaternary nitrogens is 2. The predicted molar refractivity (Wildman–Crippen MR) is 312 cm³/mol. The fraction of sp³-hybridized carbons (Fsp3) is 0.912. The smallest absolute Gasteiger partial charge is 0.362 e. The maximum Gasteiger partial charge on any atom is 0.362 e. The molecule has 428 valence electrons. The van der Waals surface area contributed by atoms with Gasteiger partial charge < -0.3 is 23.8 Å². The van der Waals surface area contributed by atoms with Gasteiger partial charge in [-0.25, -0.2) is 9.59 Å². The third-order valence-electron chi connectivity index (χ3n) is 24.5. The first kappa shape index (κ1) is 59.4. The van der Waals surface area contributed by atoms with Crippen molar-refractivity contribution in [3.05, 3.63) is 23.3 Å². The SMILES string of the molecule is CC(C)CCC[C@@H](C)[C@H]1CC[C@H]2[C@@H]3CC=C4C[C@@H](OC(=O)C[N+](C)(C)CCCNCCC[N+](C)(C)CC(=O)O[C@H]5CC[C@@]6(C)C(=CC[C@H]7[C@@H]8CC[C@H]([C@H](C)CCCC(C)C)[C@@]8(C)CC[C@@H]76)C5)CC[C@]4(C)[C@H]3CC[C@]12C. The lowest BCUT2D eigenvalue weighted by molar-refractivity contribution is -0.883. The van der Waals surface area contributed by atoms with E-state index < -0.39 is 0 Å². The van der Waals surface area contributed by atoms with Gasteiger partial charge in [-0.1, -0.05) is 131 Å². The molecule has 7 nitrogen and oxygen atoms in total. The molecular formula is C68H119N3O4+2. The minimum absolute atomic E-state index is 0.0223. The highest BCUT2D eigenvalue weighted by atomic mass is 16.5. The molecule has 6 saturated carbocycles. The number of hydrogen-bond acceptors (Lipinski definition) is 5. The Bertz CT molecular complexity index is 1850. The fourth-order valence-electron chi connectivity index (χ4n) is 20.2. The van der Waals surface area contributed by atoms with Crippen LogP contribution in [0.15, 0.2) is 23.3 Å². The lowest BCUT2D eigenvalue weighted by atomic mass is 9.47. The zero-order valence-electron chi connectivity index (χ0n) is 51.5. The van der Waals surface area contributed by atoms with Crippen LogP contribution in [0.5, 0.6) is 0 Å². The van der Waals surface area contributed by atoms with E-state index in [1.807, 2.05) is 0 Å². The lowest BCUT2D eigenvalue weighted by Gasteiger charge is -2.58. The molecule has 0 unspecified atom stereocenters. The van der Waals surface area contributed by atoms with Gasteiger partial charge in [-0.2, -0.15) is 0 Å². The van der Waals surface area contributed by atoms with Gasteiger partial charge in [0, 0.05) is 38.8 Å². The summed E-state index contributed by atoms with van der Waals surface area (Å²) in [6.45, 7) is 29.8. The summed E-state index contributed by atoms with van der Waals surface area (Å²) in [6, 6.07) is 0. The number of hydrogen-bond donors (Lipinski definition) is 1. The molecule has 0 amide bonds. The summed E-state index contributed by atoms with van der Waals surface area (Å²) < 4.78 is 13.9. The summed E-state index contributed by atoms with van der Waals surface area (Å²) >= 11 is 0. The zero-order valence-corrected chi connectivity index (χ0v) is 51.5. The summed E-state index contributed by atoms with van der Waals surface area (Å²) in [6.07, 6.45) is 35.8. The average Bonchev–Trinajstić information content (AvgIpc) is 3.87. The van der Waals surface area contributed by atoms with Gasteiger partial charge in [-0.3, -0.25) is 0 Å². The number of carbonyl (C=O) groups excluding carboxylic acids is 2. The average molecular weight is 1040 g/mol. The molecule has 0 aromatic carbocycles. The lowest BCUT2D eigenvalue weighted by Crippen LogP contribution is -2.51. The standard InChI is InChI=1S/C68H119N3O4/c1-47(2)19-15-21-49(5)57-27-29-59-55-25-23-51-43-53(31-35-65(51,7)61(55)33-37-67(57,59)9)74-63(72)45-70(11,12)41-17-39-69-40-18-42-71(13,14)46-64(73)75-54-32-36-66(8)52(44-54)24-26-56-60-30-28-58(50(6)22-16-20-48(3)4)68(60,10)38-34-62(56)66/h23-24,47-50,53-62,69H,15-22,25-46H2,1-14H3/q+2/t49-,50-,53+,54+,55+,56+,57-,58-,59+,60+,61+,62+,65+,66+,67-,68-/m1/s1. The van der Waals surface area contributed by atoms with Gasteiger partial charge >= 0.3 is 11.9 Å². The molecule has 0 heterocycles. The number of nitrogens with one attached hydrogen (secondary N) is 1. The first-order valence-corrected chi connectivity index (χ1v) is 32.5. The second-order valence-corrected chi connectivity index (χ2v) is 31.4. The Morgan fingerprint density at radius 2 is 0.933 bits per heavy atom. The number of allylic oxidation sites excluding steroid dienone is 2. The number of fused-ring (bicyclic) bond motifs is 10. The highest BCUT2D eigenvalue weighted by Gasteiger charge is 2.61. The van der Waals surface area contributed by atoms with Gasteiger partial charge in [0.1, 0.15) is 12.2 Å². The molecule has 0 aromatic rings. The van der Waals surface area contributed by atoms with Crippen LogP contribution < -0.4 is 5.32 Å². The van der Waals surface area contributed by atoms with E-state index in [-0.39, 0.29) is 35.0 Å². The Balaban J connectivity index is 0.697. The number of carbonyl (C=O) groups is 2. The molecule has 6 fully saturated rings. The van der Waals surface area contributed by atoms with Crippen LogP contribution in [-0.2, 0) is 19.1 Å². The minimum Gasteiger partial charge on any atom is -0.458 e. The predicted octanol–water partition coefficient (Wildman–Crippen LogP) is 15.4. The van der Waals surface area contributed by atoms with Crippen molar-refractivity contribution in [2.45, 2.75) is 236 Å². The molecule has 1 N–H and O–H groups in total. The molecule has 7 heteroatoms. The van der Waals surface area contributed by atoms with E-state index in [2.05, 4.69) is 115 Å². The summed E-state index contributed by atoms with van der Waals surface area (Å²) in [5.74, 6) is 10.1. The van der Waals surface area contributed by atoms with Gasteiger partial charge in [0.15, 0.2) is 13.1 Å². The highest BCUT2D eigenvalue weighted by molar-refractivity contribution is 5.71. The molecule has 0 spiro atoms. The van der Waals surface area contributed by atoms with Gasteiger partial charge in [0.05, 0.1) is 41.3 Å². The summed E-state index contributed by atoms with van der Waals surface area (Å²) in [5.41, 5.74) is 4.80. The van der Waals surface area contributed by atoms with Crippen LogP contribution in [0, 0.1) is 92.7 Å². The quantitative estimate of drug-likeness (QED) is 0.0452. The van der Waals surface area contributed by atoms with E-state index in [0.29, 0.717) is 32.9 Å². The number of nitrogens with zero attached hydrogens (tertiary/aromatic N) is 2. The number of ether oxygens (including phenoxy) is 2. The third kappa shape index (κ3) is 13.2. The molecule has 0 bridgehead atoms. The van der Waals surface area contributed by atoms with Crippen molar-refractivity contribution in [2.75, 3.05) is 67.5 Å². The van der Waals surface area contributed by atoms with Crippen molar-refractivity contribution in [3.63, 3.8) is 0 Å². The van der Waals surface area contributed by atoms with Crippen LogP contribution in [0.1, 0.15) is 223 Å². The molecular weight excluding hydrogens is 923 g/mol. The van der Waals surface area contributed by atoms with Crippen molar-refractivity contribution in [1.82, 2.24) is 5.32 Å². The maximum absolute atomic E-state index is 13.5. The first-order chi connectivity index (χ1) is 35.4. The molecule has 8 aliphatic rings. The van der Waals surface area contributed by atoms with Gasteiger partial charge in [-0.05, 0) is 183 Å². The monoisotopic (exact) mass is 1040 g/mol. The first-order valence-electron chi connectivity index (χ1n) is 32.5. The fourth-order valence-corrected chi connectivity index (χ4v) is 20.2.